The van der Waals surface area contributed by atoms with Gasteiger partial charge in [0.15, 0.2) is 0 Å². The molecule has 2 aromatic heterocycles. The summed E-state index contributed by atoms with van der Waals surface area (Å²) in [6.07, 6.45) is 6.27. The third kappa shape index (κ3) is 2.83. The molecule has 3 aromatic rings. The number of nitrogens with one attached hydrogen (secondary N) is 2. The Morgan fingerprint density at radius 1 is 1.30 bits per heavy atom. The van der Waals surface area contributed by atoms with Crippen LogP contribution in [0.4, 0.5) is 5.69 Å². The molecular weight excluding hydrogens is 252 g/mol. The number of benzene rings is 1. The van der Waals surface area contributed by atoms with Gasteiger partial charge >= 0.3 is 0 Å². The number of anilines is 1. The van der Waals surface area contributed by atoms with Crippen LogP contribution in [0.5, 0.6) is 0 Å². The maximum Gasteiger partial charge on any atom is 0.224 e. The number of aromatic nitrogens is 3. The smallest absolute Gasteiger partial charge is 0.224 e. The Kier molecular flexibility index (Phi) is 3.41. The molecule has 5 heteroatoms. The Labute approximate surface area is 116 Å². The van der Waals surface area contributed by atoms with E-state index in [1.807, 2.05) is 30.3 Å². The van der Waals surface area contributed by atoms with E-state index in [1.165, 1.54) is 0 Å². The molecule has 1 aromatic carbocycles. The van der Waals surface area contributed by atoms with Gasteiger partial charge in [-0.1, -0.05) is 6.07 Å². The van der Waals surface area contributed by atoms with E-state index in [9.17, 15) is 4.79 Å². The van der Waals surface area contributed by atoms with E-state index in [2.05, 4.69) is 20.3 Å². The second-order valence-electron chi connectivity index (χ2n) is 4.54. The number of aryl methyl sites for hydroxylation is 1. The summed E-state index contributed by atoms with van der Waals surface area (Å²) in [4.78, 5) is 23.1. The summed E-state index contributed by atoms with van der Waals surface area (Å²) in [5.74, 6) is -0.00674. The van der Waals surface area contributed by atoms with Gasteiger partial charge in [0.2, 0.25) is 5.91 Å². The molecule has 0 spiro atoms. The molecule has 0 bridgehead atoms. The number of amides is 1. The lowest BCUT2D eigenvalue weighted by atomic mass is 10.1. The van der Waals surface area contributed by atoms with Gasteiger partial charge < -0.3 is 10.3 Å². The van der Waals surface area contributed by atoms with Crippen molar-refractivity contribution in [3.63, 3.8) is 0 Å². The molecule has 5 nitrogen and oxygen atoms in total. The molecule has 0 atom stereocenters. The number of nitrogens with zero attached hydrogens (tertiary/aromatic N) is 2. The first-order chi connectivity index (χ1) is 9.81. The standard InChI is InChI=1S/C15H14N4O/c20-15(6-3-11-2-1-7-16-9-11)19-12-4-5-13-14(8-12)18-10-17-13/h1-2,4-5,7-10H,3,6H2,(H,17,18)(H,19,20). The van der Waals surface area contributed by atoms with Gasteiger partial charge in [-0.2, -0.15) is 0 Å². The van der Waals surface area contributed by atoms with E-state index in [1.54, 1.807) is 18.7 Å². The van der Waals surface area contributed by atoms with Crippen LogP contribution in [0.25, 0.3) is 11.0 Å². The number of rotatable bonds is 4. The van der Waals surface area contributed by atoms with Crippen molar-refractivity contribution in [2.45, 2.75) is 12.8 Å². The predicted molar refractivity (Wildman–Crippen MR) is 77.3 cm³/mol. The Morgan fingerprint density at radius 3 is 3.10 bits per heavy atom. The molecule has 0 saturated heterocycles. The van der Waals surface area contributed by atoms with E-state index in [0.29, 0.717) is 12.8 Å². The van der Waals surface area contributed by atoms with Gasteiger partial charge in [0.05, 0.1) is 17.4 Å². The van der Waals surface area contributed by atoms with E-state index in [-0.39, 0.29) is 5.91 Å². The second-order valence-corrected chi connectivity index (χ2v) is 4.54. The Hall–Kier alpha value is -2.69. The number of carbonyl (C=O) groups is 1. The normalized spacial score (nSPS) is 10.6. The lowest BCUT2D eigenvalue weighted by molar-refractivity contribution is -0.116. The molecule has 3 rings (SSSR count). The molecule has 0 aliphatic carbocycles. The fraction of sp³-hybridized carbons (Fsp3) is 0.133. The molecule has 2 N–H and O–H groups in total. The number of pyridine rings is 1. The number of carbonyl (C=O) groups excluding carboxylic acids is 1. The first kappa shape index (κ1) is 12.3. The molecule has 0 aliphatic rings. The first-order valence-electron chi connectivity index (χ1n) is 6.43. The molecule has 2 heterocycles. The Bertz CT molecular complexity index is 721. The highest BCUT2D eigenvalue weighted by molar-refractivity contribution is 5.93. The minimum absolute atomic E-state index is 0.00674. The van der Waals surface area contributed by atoms with Crippen molar-refractivity contribution in [3.8, 4) is 0 Å². The Morgan fingerprint density at radius 2 is 2.25 bits per heavy atom. The zero-order valence-corrected chi connectivity index (χ0v) is 10.8. The molecule has 0 saturated carbocycles. The minimum Gasteiger partial charge on any atom is -0.345 e. The number of imidazole rings is 1. The molecule has 100 valence electrons. The average molecular weight is 266 g/mol. The van der Waals surface area contributed by atoms with Crippen molar-refractivity contribution in [2.75, 3.05) is 5.32 Å². The van der Waals surface area contributed by atoms with Crippen LogP contribution in [0, 0.1) is 0 Å². The fourth-order valence-electron chi connectivity index (χ4n) is 2.04. The van der Waals surface area contributed by atoms with Crippen molar-refractivity contribution in [1.29, 1.82) is 0 Å². The van der Waals surface area contributed by atoms with E-state index < -0.39 is 0 Å². The molecule has 20 heavy (non-hydrogen) atoms. The summed E-state index contributed by atoms with van der Waals surface area (Å²) < 4.78 is 0. The van der Waals surface area contributed by atoms with Gasteiger partial charge in [-0.15, -0.1) is 0 Å². The number of aromatic amines is 1. The van der Waals surface area contributed by atoms with Gasteiger partial charge in [-0.05, 0) is 36.2 Å². The van der Waals surface area contributed by atoms with Gasteiger partial charge in [0, 0.05) is 24.5 Å². The number of hydrogen-bond donors (Lipinski definition) is 2. The van der Waals surface area contributed by atoms with Crippen molar-refractivity contribution in [3.05, 3.63) is 54.6 Å². The monoisotopic (exact) mass is 266 g/mol. The molecule has 0 aliphatic heterocycles. The number of fused-ring (bicyclic) bond motifs is 1. The maximum absolute atomic E-state index is 11.9. The molecule has 0 fully saturated rings. The largest absolute Gasteiger partial charge is 0.345 e. The summed E-state index contributed by atoms with van der Waals surface area (Å²) in [5.41, 5.74) is 3.64. The van der Waals surface area contributed by atoms with Crippen LogP contribution >= 0.6 is 0 Å². The Balaban J connectivity index is 1.61. The third-order valence-electron chi connectivity index (χ3n) is 3.07. The summed E-state index contributed by atoms with van der Waals surface area (Å²) in [7, 11) is 0. The molecule has 0 radical (unpaired) electrons. The van der Waals surface area contributed by atoms with Crippen LogP contribution in [-0.4, -0.2) is 20.9 Å². The van der Waals surface area contributed by atoms with Crippen molar-refractivity contribution >= 4 is 22.6 Å². The SMILES string of the molecule is O=C(CCc1cccnc1)Nc1ccc2nc[nH]c2c1. The minimum atomic E-state index is -0.00674. The topological polar surface area (TPSA) is 70.7 Å². The fourth-order valence-corrected chi connectivity index (χ4v) is 2.04. The van der Waals surface area contributed by atoms with Crippen LogP contribution in [0.1, 0.15) is 12.0 Å². The first-order valence-corrected chi connectivity index (χ1v) is 6.43. The number of hydrogen-bond acceptors (Lipinski definition) is 3. The van der Waals surface area contributed by atoms with E-state index in [4.69, 9.17) is 0 Å². The summed E-state index contributed by atoms with van der Waals surface area (Å²) >= 11 is 0. The number of H-pyrrole nitrogens is 1. The maximum atomic E-state index is 11.9. The van der Waals surface area contributed by atoms with Crippen molar-refractivity contribution < 1.29 is 4.79 Å². The van der Waals surface area contributed by atoms with Crippen molar-refractivity contribution in [1.82, 2.24) is 15.0 Å². The van der Waals surface area contributed by atoms with Gasteiger partial charge in [-0.3, -0.25) is 9.78 Å². The lowest BCUT2D eigenvalue weighted by Crippen LogP contribution is -2.12. The third-order valence-corrected chi connectivity index (χ3v) is 3.07. The van der Waals surface area contributed by atoms with Crippen LogP contribution in [0.2, 0.25) is 0 Å². The van der Waals surface area contributed by atoms with Crippen molar-refractivity contribution in [2.24, 2.45) is 0 Å². The van der Waals surface area contributed by atoms with Crippen LogP contribution in [0.15, 0.2) is 49.1 Å². The highest BCUT2D eigenvalue weighted by Gasteiger charge is 2.04. The second kappa shape index (κ2) is 5.52. The predicted octanol–water partition coefficient (Wildman–Crippen LogP) is 2.53. The van der Waals surface area contributed by atoms with Gasteiger partial charge in [0.1, 0.15) is 0 Å². The van der Waals surface area contributed by atoms with Crippen LogP contribution in [-0.2, 0) is 11.2 Å². The van der Waals surface area contributed by atoms with Crippen LogP contribution in [0.3, 0.4) is 0 Å². The quantitative estimate of drug-likeness (QED) is 0.762. The van der Waals surface area contributed by atoms with Crippen LogP contribution < -0.4 is 5.32 Å². The molecular formula is C15H14N4O. The highest BCUT2D eigenvalue weighted by Crippen LogP contribution is 2.16. The van der Waals surface area contributed by atoms with Gasteiger partial charge in [0.25, 0.3) is 0 Å². The zero-order chi connectivity index (χ0) is 13.8. The molecule has 0 unspecified atom stereocenters. The summed E-state index contributed by atoms with van der Waals surface area (Å²) in [6, 6.07) is 9.45. The van der Waals surface area contributed by atoms with E-state index >= 15 is 0 Å². The average Bonchev–Trinajstić information content (AvgIpc) is 2.94. The molecule has 1 amide bonds. The summed E-state index contributed by atoms with van der Waals surface area (Å²) in [5, 5.41) is 2.89. The zero-order valence-electron chi connectivity index (χ0n) is 10.8. The highest BCUT2D eigenvalue weighted by atomic mass is 16.1. The summed E-state index contributed by atoms with van der Waals surface area (Å²) in [6.45, 7) is 0. The van der Waals surface area contributed by atoms with Gasteiger partial charge in [-0.25, -0.2) is 4.98 Å². The van der Waals surface area contributed by atoms with E-state index in [0.717, 1.165) is 22.3 Å². The lowest BCUT2D eigenvalue weighted by Gasteiger charge is -2.05.